The van der Waals surface area contributed by atoms with Gasteiger partial charge >= 0.3 is 0 Å². The van der Waals surface area contributed by atoms with E-state index in [1.54, 1.807) is 0 Å². The van der Waals surface area contributed by atoms with Crippen LogP contribution in [0.4, 0.5) is 0 Å². The Morgan fingerprint density at radius 1 is 1.48 bits per heavy atom. The minimum absolute atomic E-state index is 0.172. The van der Waals surface area contributed by atoms with E-state index in [2.05, 4.69) is 29.2 Å². The molecule has 0 aliphatic carbocycles. The van der Waals surface area contributed by atoms with Crippen LogP contribution >= 0.6 is 11.6 Å². The van der Waals surface area contributed by atoms with E-state index in [1.165, 1.54) is 12.8 Å². The molecule has 1 fully saturated rings. The average molecular weight is 315 g/mol. The van der Waals surface area contributed by atoms with Gasteiger partial charge in [0.1, 0.15) is 0 Å². The summed E-state index contributed by atoms with van der Waals surface area (Å²) in [5.41, 5.74) is 2.04. The molecule has 1 unspecified atom stereocenters. The van der Waals surface area contributed by atoms with Crippen molar-refractivity contribution in [2.75, 3.05) is 26.2 Å². The van der Waals surface area contributed by atoms with E-state index in [9.17, 15) is 5.11 Å². The number of aliphatic hydroxyl groups is 1. The number of aromatic nitrogens is 2. The topological polar surface area (TPSA) is 53.3 Å². The molecule has 0 radical (unpaired) electrons. The van der Waals surface area contributed by atoms with Gasteiger partial charge in [0.25, 0.3) is 0 Å². The molecule has 2 N–H and O–H groups in total. The molecule has 0 amide bonds. The fourth-order valence-electron chi connectivity index (χ4n) is 2.98. The first-order chi connectivity index (χ1) is 10.2. The van der Waals surface area contributed by atoms with Gasteiger partial charge in [-0.25, -0.2) is 0 Å². The SMILES string of the molecule is CCc1nn(CC)c(CN(CCO)CC2CCCN2)c1Cl. The Morgan fingerprint density at radius 3 is 2.86 bits per heavy atom. The molecule has 1 atom stereocenters. The molecule has 5 nitrogen and oxygen atoms in total. The van der Waals surface area contributed by atoms with Crippen LogP contribution in [-0.2, 0) is 19.5 Å². The van der Waals surface area contributed by atoms with Crippen molar-refractivity contribution in [1.82, 2.24) is 20.0 Å². The van der Waals surface area contributed by atoms with Crippen molar-refractivity contribution in [3.63, 3.8) is 0 Å². The average Bonchev–Trinajstić information content (AvgIpc) is 3.08. The Kier molecular flexibility index (Phi) is 6.48. The number of aliphatic hydroxyl groups excluding tert-OH is 1. The molecule has 0 spiro atoms. The Morgan fingerprint density at radius 2 is 2.29 bits per heavy atom. The van der Waals surface area contributed by atoms with Gasteiger partial charge in [0, 0.05) is 32.2 Å². The minimum Gasteiger partial charge on any atom is -0.395 e. The molecule has 21 heavy (non-hydrogen) atoms. The van der Waals surface area contributed by atoms with Gasteiger partial charge in [-0.05, 0) is 32.7 Å². The first kappa shape index (κ1) is 16.7. The molecule has 1 aliphatic rings. The molecule has 6 heteroatoms. The van der Waals surface area contributed by atoms with Crippen molar-refractivity contribution < 1.29 is 5.11 Å². The van der Waals surface area contributed by atoms with E-state index in [4.69, 9.17) is 11.6 Å². The van der Waals surface area contributed by atoms with E-state index >= 15 is 0 Å². The summed E-state index contributed by atoms with van der Waals surface area (Å²) in [7, 11) is 0. The van der Waals surface area contributed by atoms with Crippen LogP contribution in [0, 0.1) is 0 Å². The van der Waals surface area contributed by atoms with Crippen molar-refractivity contribution in [3.05, 3.63) is 16.4 Å². The summed E-state index contributed by atoms with van der Waals surface area (Å²) in [6, 6.07) is 0.527. The molecule has 1 aromatic heterocycles. The van der Waals surface area contributed by atoms with Gasteiger partial charge in [-0.15, -0.1) is 0 Å². The summed E-state index contributed by atoms with van der Waals surface area (Å²) < 4.78 is 1.99. The molecule has 2 heterocycles. The first-order valence-electron chi connectivity index (χ1n) is 8.00. The third kappa shape index (κ3) is 4.19. The van der Waals surface area contributed by atoms with Crippen LogP contribution in [0.15, 0.2) is 0 Å². The summed E-state index contributed by atoms with van der Waals surface area (Å²) in [6.45, 7) is 8.63. The summed E-state index contributed by atoms with van der Waals surface area (Å²) in [5.74, 6) is 0. The van der Waals surface area contributed by atoms with Crippen molar-refractivity contribution in [2.24, 2.45) is 0 Å². The van der Waals surface area contributed by atoms with Crippen LogP contribution in [0.25, 0.3) is 0 Å². The summed E-state index contributed by atoms with van der Waals surface area (Å²) in [4.78, 5) is 2.28. The van der Waals surface area contributed by atoms with E-state index < -0.39 is 0 Å². The number of aryl methyl sites for hydroxylation is 2. The van der Waals surface area contributed by atoms with E-state index in [0.29, 0.717) is 12.6 Å². The zero-order valence-corrected chi connectivity index (χ0v) is 13.9. The Labute approximate surface area is 132 Å². The van der Waals surface area contributed by atoms with Crippen LogP contribution < -0.4 is 5.32 Å². The van der Waals surface area contributed by atoms with Crippen LogP contribution in [0.2, 0.25) is 5.02 Å². The molecule has 0 saturated carbocycles. The maximum absolute atomic E-state index is 9.32. The summed E-state index contributed by atoms with van der Waals surface area (Å²) in [6.07, 6.45) is 3.30. The fourth-order valence-corrected chi connectivity index (χ4v) is 3.31. The van der Waals surface area contributed by atoms with Crippen LogP contribution in [-0.4, -0.2) is 52.1 Å². The highest BCUT2D eigenvalue weighted by Crippen LogP contribution is 2.23. The number of nitrogens with zero attached hydrogens (tertiary/aromatic N) is 3. The second-order valence-electron chi connectivity index (χ2n) is 5.63. The van der Waals surface area contributed by atoms with Crippen LogP contribution in [0.1, 0.15) is 38.1 Å². The lowest BCUT2D eigenvalue weighted by Gasteiger charge is -2.25. The lowest BCUT2D eigenvalue weighted by atomic mass is 10.2. The molecule has 2 rings (SSSR count). The van der Waals surface area contributed by atoms with Gasteiger partial charge < -0.3 is 10.4 Å². The fraction of sp³-hybridized carbons (Fsp3) is 0.800. The maximum Gasteiger partial charge on any atom is 0.0863 e. The number of hydrogen-bond donors (Lipinski definition) is 2. The van der Waals surface area contributed by atoms with E-state index in [-0.39, 0.29) is 6.61 Å². The molecule has 0 aromatic carbocycles. The second-order valence-corrected chi connectivity index (χ2v) is 6.01. The molecule has 1 aromatic rings. The van der Waals surface area contributed by atoms with Crippen molar-refractivity contribution >= 4 is 11.6 Å². The minimum atomic E-state index is 0.172. The predicted molar refractivity (Wildman–Crippen MR) is 85.7 cm³/mol. The molecule has 1 saturated heterocycles. The largest absolute Gasteiger partial charge is 0.395 e. The van der Waals surface area contributed by atoms with Gasteiger partial charge in [-0.2, -0.15) is 5.10 Å². The monoisotopic (exact) mass is 314 g/mol. The van der Waals surface area contributed by atoms with E-state index in [0.717, 1.165) is 49.0 Å². The molecule has 1 aliphatic heterocycles. The van der Waals surface area contributed by atoms with E-state index in [1.807, 2.05) is 4.68 Å². The first-order valence-corrected chi connectivity index (χ1v) is 8.38. The molecular weight excluding hydrogens is 288 g/mol. The van der Waals surface area contributed by atoms with Crippen LogP contribution in [0.5, 0.6) is 0 Å². The zero-order valence-electron chi connectivity index (χ0n) is 13.1. The van der Waals surface area contributed by atoms with Gasteiger partial charge in [0.05, 0.1) is 23.0 Å². The quantitative estimate of drug-likeness (QED) is 0.766. The number of rotatable bonds is 8. The van der Waals surface area contributed by atoms with Crippen molar-refractivity contribution in [2.45, 2.75) is 52.2 Å². The lowest BCUT2D eigenvalue weighted by molar-refractivity contribution is 0.175. The highest BCUT2D eigenvalue weighted by molar-refractivity contribution is 6.31. The third-order valence-corrected chi connectivity index (χ3v) is 4.56. The second kappa shape index (κ2) is 8.13. The standard InChI is InChI=1S/C15H27ClN4O/c1-3-13-15(16)14(20(4-2)18-13)11-19(8-9-21)10-12-6-5-7-17-12/h12,17,21H,3-11H2,1-2H3. The number of nitrogens with one attached hydrogen (secondary N) is 1. The summed E-state index contributed by atoms with van der Waals surface area (Å²) >= 11 is 6.48. The third-order valence-electron chi connectivity index (χ3n) is 4.12. The van der Waals surface area contributed by atoms with Crippen LogP contribution in [0.3, 0.4) is 0 Å². The smallest absolute Gasteiger partial charge is 0.0863 e. The Hall–Kier alpha value is -0.620. The Bertz CT molecular complexity index is 443. The predicted octanol–water partition coefficient (Wildman–Crippen LogP) is 1.67. The molecule has 120 valence electrons. The van der Waals surface area contributed by atoms with Gasteiger partial charge in [-0.3, -0.25) is 9.58 Å². The van der Waals surface area contributed by atoms with Gasteiger partial charge in [0.2, 0.25) is 0 Å². The zero-order chi connectivity index (χ0) is 15.2. The maximum atomic E-state index is 9.32. The highest BCUT2D eigenvalue weighted by Gasteiger charge is 2.21. The highest BCUT2D eigenvalue weighted by atomic mass is 35.5. The lowest BCUT2D eigenvalue weighted by Crippen LogP contribution is -2.39. The molecular formula is C15H27ClN4O. The van der Waals surface area contributed by atoms with Gasteiger partial charge in [-0.1, -0.05) is 18.5 Å². The number of hydrogen-bond acceptors (Lipinski definition) is 4. The normalized spacial score (nSPS) is 18.8. The molecule has 0 bridgehead atoms. The van der Waals surface area contributed by atoms with Gasteiger partial charge in [0.15, 0.2) is 0 Å². The number of halogens is 1. The summed E-state index contributed by atoms with van der Waals surface area (Å²) in [5, 5.41) is 18.2. The van der Waals surface area contributed by atoms with Crippen molar-refractivity contribution in [1.29, 1.82) is 0 Å². The van der Waals surface area contributed by atoms with Crippen molar-refractivity contribution in [3.8, 4) is 0 Å². The Balaban J connectivity index is 2.09.